The molecule has 1 aromatic rings. The third-order valence-corrected chi connectivity index (χ3v) is 10.9. The highest BCUT2D eigenvalue weighted by Crippen LogP contribution is 2.19. The Morgan fingerprint density at radius 3 is 1.64 bits per heavy atom. The highest BCUT2D eigenvalue weighted by molar-refractivity contribution is 5.98. The van der Waals surface area contributed by atoms with Gasteiger partial charge in [-0.05, 0) is 69.2 Å². The number of rotatable bonds is 28. The molecule has 17 N–H and O–H groups in total. The lowest BCUT2D eigenvalue weighted by Crippen LogP contribution is -2.62. The summed E-state index contributed by atoms with van der Waals surface area (Å²) in [4.78, 5) is 120. The number of aromatic hydroxyl groups is 1. The first-order chi connectivity index (χ1) is 31.3. The minimum absolute atomic E-state index is 0.0410. The van der Waals surface area contributed by atoms with E-state index < -0.39 is 140 Å². The topological polar surface area (TPSA) is 414 Å². The van der Waals surface area contributed by atoms with Crippen LogP contribution in [-0.2, 0) is 49.6 Å². The molecule has 1 heterocycles. The Morgan fingerprint density at radius 2 is 1.14 bits per heavy atom. The van der Waals surface area contributed by atoms with Crippen LogP contribution in [0.4, 0.5) is 0 Å². The molecule has 0 aromatic heterocycles. The quantitative estimate of drug-likeness (QED) is 0.0348. The van der Waals surface area contributed by atoms with Crippen LogP contribution in [0.25, 0.3) is 0 Å². The van der Waals surface area contributed by atoms with Gasteiger partial charge in [0.25, 0.3) is 0 Å². The van der Waals surface area contributed by atoms with E-state index in [4.69, 9.17) is 16.6 Å². The SMILES string of the molecule is CC[C@H](C)[C@H](NC(=O)[C@H](CO)NC(=O)[C@H](Cc1ccc(O)cc1)NC(=O)[C@H](CO)NC(=O)[C@@H]1CCCN1C(=O)[C@H](C)N)C(=O)N[C@@H](CCCCN)C(=O)N[C@@H](CO)C(=O)N[C@@H](CO)C(=O)O. The second-order valence-electron chi connectivity index (χ2n) is 15.9. The van der Waals surface area contributed by atoms with Crippen LogP contribution in [-0.4, -0.2) is 183 Å². The van der Waals surface area contributed by atoms with E-state index in [2.05, 4.69) is 31.9 Å². The van der Waals surface area contributed by atoms with Gasteiger partial charge in [-0.2, -0.15) is 0 Å². The number of aliphatic hydroxyl groups is 4. The highest BCUT2D eigenvalue weighted by atomic mass is 16.4. The lowest BCUT2D eigenvalue weighted by atomic mass is 9.97. The zero-order valence-electron chi connectivity index (χ0n) is 37.2. The fourth-order valence-corrected chi connectivity index (χ4v) is 6.75. The van der Waals surface area contributed by atoms with Crippen LogP contribution in [0.1, 0.15) is 64.9 Å². The summed E-state index contributed by atoms with van der Waals surface area (Å²) in [5, 5.41) is 74.9. The summed E-state index contributed by atoms with van der Waals surface area (Å²) >= 11 is 0. The van der Waals surface area contributed by atoms with Crippen molar-refractivity contribution in [2.45, 2.75) is 120 Å². The first-order valence-electron chi connectivity index (χ1n) is 21.6. The third kappa shape index (κ3) is 17.1. The number of nitrogens with one attached hydrogen (secondary N) is 7. The smallest absolute Gasteiger partial charge is 0.328 e. The third-order valence-electron chi connectivity index (χ3n) is 10.9. The van der Waals surface area contributed by atoms with Gasteiger partial charge in [0.15, 0.2) is 0 Å². The zero-order valence-corrected chi connectivity index (χ0v) is 37.2. The van der Waals surface area contributed by atoms with E-state index in [0.717, 1.165) is 0 Å². The van der Waals surface area contributed by atoms with Gasteiger partial charge in [-0.15, -0.1) is 0 Å². The Labute approximate surface area is 381 Å². The van der Waals surface area contributed by atoms with Gasteiger partial charge in [-0.1, -0.05) is 32.4 Å². The van der Waals surface area contributed by atoms with E-state index in [-0.39, 0.29) is 50.9 Å². The van der Waals surface area contributed by atoms with Crippen molar-refractivity contribution in [1.82, 2.24) is 42.1 Å². The summed E-state index contributed by atoms with van der Waals surface area (Å²) in [6, 6.07) is -7.50. The molecule has 25 heteroatoms. The van der Waals surface area contributed by atoms with Crippen LogP contribution in [0, 0.1) is 5.92 Å². The lowest BCUT2D eigenvalue weighted by Gasteiger charge is -2.29. The standard InChI is InChI=1S/C41H66N10O15/c1-4-21(2)32(39(63)44-25(8-5-6-14-42)33(57)46-27(17-52)36(60)49-30(20-55)41(65)66)50-37(61)29(19-54)47-34(58)26(16-23-10-12-24(56)13-11-23)45-35(59)28(18-53)48-38(62)31-9-7-15-51(31)40(64)22(3)43/h10-13,21-22,25-32,52-56H,4-9,14-20,42-43H2,1-3H3,(H,44,63)(H,45,59)(H,46,57)(H,47,58)(H,48,62)(H,49,60)(H,50,61)(H,65,66)/t21-,22-,25-,26-,27-,28-,29-,30-,31-,32-/m0/s1. The number of carbonyl (C=O) groups is 9. The fraction of sp³-hybridized carbons (Fsp3) is 0.634. The summed E-state index contributed by atoms with van der Waals surface area (Å²) in [5.41, 5.74) is 11.7. The normalized spacial score (nSPS) is 17.5. The van der Waals surface area contributed by atoms with Gasteiger partial charge in [0.05, 0.1) is 32.5 Å². The Bertz CT molecular complexity index is 1820. The summed E-state index contributed by atoms with van der Waals surface area (Å²) in [5.74, 6) is -9.71. The van der Waals surface area contributed by atoms with Crippen LogP contribution in [0.3, 0.4) is 0 Å². The average molecular weight is 939 g/mol. The van der Waals surface area contributed by atoms with E-state index >= 15 is 0 Å². The van der Waals surface area contributed by atoms with Gasteiger partial charge in [0.2, 0.25) is 47.3 Å². The van der Waals surface area contributed by atoms with Gasteiger partial charge in [0.1, 0.15) is 54.1 Å². The van der Waals surface area contributed by atoms with Crippen LogP contribution in [0.15, 0.2) is 24.3 Å². The molecule has 0 saturated carbocycles. The molecule has 66 heavy (non-hydrogen) atoms. The Balaban J connectivity index is 2.31. The Hall–Kier alpha value is -5.99. The Morgan fingerprint density at radius 1 is 0.667 bits per heavy atom. The summed E-state index contributed by atoms with van der Waals surface area (Å²) < 4.78 is 0. The monoisotopic (exact) mass is 938 g/mol. The molecule has 1 aliphatic rings. The van der Waals surface area contributed by atoms with Crippen molar-refractivity contribution in [1.29, 1.82) is 0 Å². The van der Waals surface area contributed by atoms with Crippen molar-refractivity contribution in [3.05, 3.63) is 29.8 Å². The van der Waals surface area contributed by atoms with Gasteiger partial charge in [0, 0.05) is 13.0 Å². The summed E-state index contributed by atoms with van der Waals surface area (Å²) in [6.45, 7) is 1.28. The summed E-state index contributed by atoms with van der Waals surface area (Å²) in [7, 11) is 0. The van der Waals surface area contributed by atoms with E-state index in [1.807, 2.05) is 5.32 Å². The number of amides is 8. The molecule has 1 aromatic carbocycles. The minimum Gasteiger partial charge on any atom is -0.508 e. The molecule has 1 saturated heterocycles. The maximum Gasteiger partial charge on any atom is 0.328 e. The number of nitrogens with zero attached hydrogens (tertiary/aromatic N) is 1. The molecule has 0 radical (unpaired) electrons. The van der Waals surface area contributed by atoms with Gasteiger partial charge >= 0.3 is 5.97 Å². The molecule has 1 fully saturated rings. The summed E-state index contributed by atoms with van der Waals surface area (Å²) in [6.07, 6.45) is 1.41. The number of unbranched alkanes of at least 4 members (excludes halogenated alkanes) is 1. The van der Waals surface area contributed by atoms with Gasteiger partial charge in [-0.3, -0.25) is 38.4 Å². The van der Waals surface area contributed by atoms with Gasteiger partial charge < -0.3 is 84.2 Å². The predicted octanol–water partition coefficient (Wildman–Crippen LogP) is -6.10. The van der Waals surface area contributed by atoms with Crippen molar-refractivity contribution in [3.8, 4) is 5.75 Å². The molecule has 25 nitrogen and oxygen atoms in total. The number of carbonyl (C=O) groups excluding carboxylic acids is 8. The van der Waals surface area contributed by atoms with Crippen molar-refractivity contribution in [3.63, 3.8) is 0 Å². The Kier molecular flexibility index (Phi) is 23.9. The number of carboxylic acids is 1. The van der Waals surface area contributed by atoms with E-state index in [1.165, 1.54) is 36.1 Å². The lowest BCUT2D eigenvalue weighted by molar-refractivity contribution is -0.143. The predicted molar refractivity (Wildman–Crippen MR) is 232 cm³/mol. The number of aliphatic carboxylic acids is 1. The maximum atomic E-state index is 13.9. The maximum absolute atomic E-state index is 13.9. The molecule has 1 aliphatic heterocycles. The second-order valence-corrected chi connectivity index (χ2v) is 15.9. The molecule has 2 rings (SSSR count). The average Bonchev–Trinajstić information content (AvgIpc) is 3.79. The number of hydrogen-bond acceptors (Lipinski definition) is 16. The molecular weight excluding hydrogens is 873 g/mol. The first-order valence-corrected chi connectivity index (χ1v) is 21.6. The van der Waals surface area contributed by atoms with Gasteiger partial charge in [-0.25, -0.2) is 4.79 Å². The van der Waals surface area contributed by atoms with Crippen molar-refractivity contribution < 1.29 is 73.8 Å². The second kappa shape index (κ2) is 28.1. The molecule has 0 bridgehead atoms. The van der Waals surface area contributed by atoms with Crippen LogP contribution < -0.4 is 48.7 Å². The number of phenols is 1. The minimum atomic E-state index is -1.75. The molecule has 0 spiro atoms. The molecule has 370 valence electrons. The number of nitrogens with two attached hydrogens (primary N) is 2. The van der Waals surface area contributed by atoms with Crippen LogP contribution in [0.5, 0.6) is 5.75 Å². The number of phenolic OH excluding ortho intramolecular Hbond substituents is 1. The van der Waals surface area contributed by atoms with E-state index in [9.17, 15) is 68.7 Å². The fourth-order valence-electron chi connectivity index (χ4n) is 6.75. The van der Waals surface area contributed by atoms with Crippen LogP contribution in [0.2, 0.25) is 0 Å². The van der Waals surface area contributed by atoms with E-state index in [0.29, 0.717) is 18.4 Å². The number of benzene rings is 1. The molecule has 0 unspecified atom stereocenters. The number of likely N-dealkylation sites (tertiary alicyclic amines) is 1. The largest absolute Gasteiger partial charge is 0.508 e. The number of carboxylic acid groups (broad SMARTS) is 1. The van der Waals surface area contributed by atoms with Crippen molar-refractivity contribution >= 4 is 53.2 Å². The molecule has 8 amide bonds. The van der Waals surface area contributed by atoms with Crippen LogP contribution >= 0.6 is 0 Å². The van der Waals surface area contributed by atoms with Crippen molar-refractivity contribution in [2.24, 2.45) is 17.4 Å². The number of aliphatic hydroxyl groups excluding tert-OH is 4. The highest BCUT2D eigenvalue weighted by Gasteiger charge is 2.38. The molecular formula is C41H66N10O15. The first kappa shape index (κ1) is 56.1. The molecule has 0 aliphatic carbocycles. The van der Waals surface area contributed by atoms with Crippen molar-refractivity contribution in [2.75, 3.05) is 39.5 Å². The zero-order chi connectivity index (χ0) is 49.7. The molecule has 10 atom stereocenters. The number of hydrogen-bond donors (Lipinski definition) is 15. The van der Waals surface area contributed by atoms with E-state index in [1.54, 1.807) is 13.8 Å².